The quantitative estimate of drug-likeness (QED) is 0.735. The van der Waals surface area contributed by atoms with Crippen molar-refractivity contribution in [1.82, 2.24) is 9.80 Å². The lowest BCUT2D eigenvalue weighted by Gasteiger charge is -2.37. The van der Waals surface area contributed by atoms with Crippen LogP contribution < -0.4 is 0 Å². The fourth-order valence-electron chi connectivity index (χ4n) is 2.37. The van der Waals surface area contributed by atoms with Gasteiger partial charge in [-0.1, -0.05) is 6.92 Å². The fourth-order valence-corrected chi connectivity index (χ4v) is 2.37. The van der Waals surface area contributed by atoms with Gasteiger partial charge in [0.25, 0.3) is 0 Å². The van der Waals surface area contributed by atoms with Crippen LogP contribution in [0, 0.1) is 0 Å². The van der Waals surface area contributed by atoms with E-state index in [1.54, 1.807) is 0 Å². The number of hydrogen-bond acceptors (Lipinski definition) is 4. The van der Waals surface area contributed by atoms with Gasteiger partial charge in [0.15, 0.2) is 0 Å². The molecule has 0 saturated carbocycles. The minimum absolute atomic E-state index is 0.134. The van der Waals surface area contributed by atoms with Gasteiger partial charge in [-0.15, -0.1) is 0 Å². The molecule has 1 rings (SSSR count). The summed E-state index contributed by atoms with van der Waals surface area (Å²) >= 11 is 0. The number of carbonyl (C=O) groups is 1. The van der Waals surface area contributed by atoms with E-state index in [0.717, 1.165) is 39.0 Å². The monoisotopic (exact) mass is 258 g/mol. The Kier molecular flexibility index (Phi) is 6.60. The molecule has 2 atom stereocenters. The van der Waals surface area contributed by atoms with Gasteiger partial charge in [0.05, 0.1) is 12.6 Å². The lowest BCUT2D eigenvalue weighted by molar-refractivity contribution is -0.140. The van der Waals surface area contributed by atoms with Crippen LogP contribution >= 0.6 is 0 Å². The molecule has 2 unspecified atom stereocenters. The first-order chi connectivity index (χ1) is 8.52. The molecule has 1 N–H and O–H groups in total. The third kappa shape index (κ3) is 5.33. The third-order valence-corrected chi connectivity index (χ3v) is 3.48. The molecule has 1 fully saturated rings. The van der Waals surface area contributed by atoms with Crippen molar-refractivity contribution in [2.24, 2.45) is 0 Å². The predicted molar refractivity (Wildman–Crippen MR) is 70.8 cm³/mol. The average molecular weight is 258 g/mol. The van der Waals surface area contributed by atoms with Gasteiger partial charge in [-0.05, 0) is 33.4 Å². The summed E-state index contributed by atoms with van der Waals surface area (Å²) in [4.78, 5) is 15.1. The van der Waals surface area contributed by atoms with Crippen molar-refractivity contribution >= 4 is 5.97 Å². The summed E-state index contributed by atoms with van der Waals surface area (Å²) in [5.74, 6) is -0.742. The standard InChI is InChI=1S/C13H26N2O3/c1-4-12-9-11(5-8-18-12)15(10-13(16)17)7-6-14(2)3/h11-12H,4-10H2,1-3H3,(H,16,17). The number of ether oxygens (including phenoxy) is 1. The number of aliphatic carboxylic acids is 1. The molecule has 0 aliphatic carbocycles. The highest BCUT2D eigenvalue weighted by atomic mass is 16.5. The van der Waals surface area contributed by atoms with E-state index in [0.29, 0.717) is 12.1 Å². The molecule has 0 spiro atoms. The van der Waals surface area contributed by atoms with E-state index in [1.165, 1.54) is 0 Å². The van der Waals surface area contributed by atoms with E-state index in [4.69, 9.17) is 9.84 Å². The highest BCUT2D eigenvalue weighted by Crippen LogP contribution is 2.21. The summed E-state index contributed by atoms with van der Waals surface area (Å²) < 4.78 is 5.65. The molecule has 106 valence electrons. The van der Waals surface area contributed by atoms with E-state index in [1.807, 2.05) is 14.1 Å². The highest BCUT2D eigenvalue weighted by molar-refractivity contribution is 5.69. The summed E-state index contributed by atoms with van der Waals surface area (Å²) in [6.45, 7) is 4.70. The van der Waals surface area contributed by atoms with Gasteiger partial charge in [0.1, 0.15) is 0 Å². The Balaban J connectivity index is 2.54. The molecule has 1 aliphatic heterocycles. The molecule has 0 radical (unpaired) electrons. The van der Waals surface area contributed by atoms with Gasteiger partial charge in [0.2, 0.25) is 0 Å². The summed E-state index contributed by atoms with van der Waals surface area (Å²) in [7, 11) is 4.02. The van der Waals surface area contributed by atoms with Crippen molar-refractivity contribution in [3.63, 3.8) is 0 Å². The van der Waals surface area contributed by atoms with Crippen LogP contribution in [0.5, 0.6) is 0 Å². The van der Waals surface area contributed by atoms with Crippen LogP contribution in [0.1, 0.15) is 26.2 Å². The van der Waals surface area contributed by atoms with Crippen LogP contribution in [0.4, 0.5) is 0 Å². The largest absolute Gasteiger partial charge is 0.480 e. The third-order valence-electron chi connectivity index (χ3n) is 3.48. The lowest BCUT2D eigenvalue weighted by atomic mass is 10.00. The van der Waals surface area contributed by atoms with Crippen LogP contribution in [0.25, 0.3) is 0 Å². The minimum Gasteiger partial charge on any atom is -0.480 e. The molecule has 5 nitrogen and oxygen atoms in total. The molecule has 18 heavy (non-hydrogen) atoms. The maximum absolute atomic E-state index is 11.0. The summed E-state index contributed by atoms with van der Waals surface area (Å²) in [6, 6.07) is 0.347. The zero-order valence-electron chi connectivity index (χ0n) is 11.8. The molecule has 0 aromatic heterocycles. The predicted octanol–water partition coefficient (Wildman–Crippen LogP) is 0.892. The molecule has 0 aromatic carbocycles. The average Bonchev–Trinajstić information content (AvgIpc) is 2.34. The van der Waals surface area contributed by atoms with Gasteiger partial charge in [-0.2, -0.15) is 0 Å². The van der Waals surface area contributed by atoms with E-state index >= 15 is 0 Å². The van der Waals surface area contributed by atoms with Crippen molar-refractivity contribution in [3.8, 4) is 0 Å². The highest BCUT2D eigenvalue weighted by Gasteiger charge is 2.27. The van der Waals surface area contributed by atoms with Crippen LogP contribution in [0.15, 0.2) is 0 Å². The van der Waals surface area contributed by atoms with Crippen LogP contribution in [0.2, 0.25) is 0 Å². The molecule has 0 amide bonds. The summed E-state index contributed by atoms with van der Waals surface area (Å²) in [5, 5.41) is 9.02. The van der Waals surface area contributed by atoms with Gasteiger partial charge in [0, 0.05) is 25.7 Å². The van der Waals surface area contributed by atoms with Crippen molar-refractivity contribution in [1.29, 1.82) is 0 Å². The van der Waals surface area contributed by atoms with Crippen molar-refractivity contribution in [3.05, 3.63) is 0 Å². The number of rotatable bonds is 7. The van der Waals surface area contributed by atoms with Crippen molar-refractivity contribution in [2.45, 2.75) is 38.3 Å². The second-order valence-electron chi connectivity index (χ2n) is 5.25. The maximum atomic E-state index is 11.0. The number of carboxylic acid groups (broad SMARTS) is 1. The van der Waals surface area contributed by atoms with Crippen LogP contribution in [-0.4, -0.2) is 73.4 Å². The Morgan fingerprint density at radius 1 is 1.39 bits per heavy atom. The lowest BCUT2D eigenvalue weighted by Crippen LogP contribution is -2.46. The number of hydrogen-bond donors (Lipinski definition) is 1. The summed E-state index contributed by atoms with van der Waals surface area (Å²) in [5.41, 5.74) is 0. The SMILES string of the molecule is CCC1CC(N(CCN(C)C)CC(=O)O)CCO1. The Hall–Kier alpha value is -0.650. The molecule has 1 aliphatic rings. The number of carboxylic acids is 1. The van der Waals surface area contributed by atoms with Gasteiger partial charge in [-0.25, -0.2) is 0 Å². The summed E-state index contributed by atoms with van der Waals surface area (Å²) in [6.07, 6.45) is 3.19. The number of likely N-dealkylation sites (N-methyl/N-ethyl adjacent to an activating group) is 1. The minimum atomic E-state index is -0.742. The molecule has 1 heterocycles. The molecule has 1 saturated heterocycles. The second-order valence-corrected chi connectivity index (χ2v) is 5.25. The topological polar surface area (TPSA) is 53.0 Å². The smallest absolute Gasteiger partial charge is 0.317 e. The zero-order valence-corrected chi connectivity index (χ0v) is 11.8. The molecule has 5 heteroatoms. The first kappa shape index (κ1) is 15.4. The molecule has 0 aromatic rings. The van der Waals surface area contributed by atoms with Crippen LogP contribution in [0.3, 0.4) is 0 Å². The Morgan fingerprint density at radius 2 is 2.11 bits per heavy atom. The number of nitrogens with zero attached hydrogens (tertiary/aromatic N) is 2. The van der Waals surface area contributed by atoms with E-state index in [9.17, 15) is 4.79 Å². The van der Waals surface area contributed by atoms with Gasteiger partial charge >= 0.3 is 5.97 Å². The van der Waals surface area contributed by atoms with Crippen LogP contribution in [-0.2, 0) is 9.53 Å². The van der Waals surface area contributed by atoms with Gasteiger partial charge < -0.3 is 14.7 Å². The first-order valence-corrected chi connectivity index (χ1v) is 6.75. The first-order valence-electron chi connectivity index (χ1n) is 6.75. The van der Waals surface area contributed by atoms with E-state index in [-0.39, 0.29) is 6.54 Å². The van der Waals surface area contributed by atoms with Crippen molar-refractivity contribution in [2.75, 3.05) is 40.3 Å². The van der Waals surface area contributed by atoms with Gasteiger partial charge in [-0.3, -0.25) is 9.69 Å². The van der Waals surface area contributed by atoms with Crippen molar-refractivity contribution < 1.29 is 14.6 Å². The fraction of sp³-hybridized carbons (Fsp3) is 0.923. The molecular formula is C13H26N2O3. The molecule has 0 bridgehead atoms. The Labute approximate surface area is 110 Å². The normalized spacial score (nSPS) is 24.7. The Morgan fingerprint density at radius 3 is 2.67 bits per heavy atom. The second kappa shape index (κ2) is 7.71. The Bertz CT molecular complexity index is 259. The zero-order chi connectivity index (χ0) is 13.5. The maximum Gasteiger partial charge on any atom is 0.317 e. The molecular weight excluding hydrogens is 232 g/mol. The van der Waals surface area contributed by atoms with E-state index in [2.05, 4.69) is 16.7 Å². The van der Waals surface area contributed by atoms with E-state index < -0.39 is 5.97 Å².